The molecule has 6 rings (SSSR count). The Kier molecular flexibility index (Phi) is 3.87. The normalized spacial score (nSPS) is 12.3. The van der Waals surface area contributed by atoms with Crippen LogP contribution in [0, 0.1) is 0 Å². The highest BCUT2D eigenvalue weighted by molar-refractivity contribution is 6.33. The second-order valence-corrected chi connectivity index (χ2v) is 8.40. The van der Waals surface area contributed by atoms with Crippen LogP contribution >= 0.6 is 0 Å². The first kappa shape index (κ1) is 15.5. The summed E-state index contributed by atoms with van der Waals surface area (Å²) in [5.74, 6) is 0. The summed E-state index contributed by atoms with van der Waals surface area (Å²) < 4.78 is 0. The Bertz CT molecular complexity index is 918. The van der Waals surface area contributed by atoms with Gasteiger partial charge in [0.15, 0.2) is 0 Å². The molecule has 0 unspecified atom stereocenters. The molecule has 0 fully saturated rings. The van der Waals surface area contributed by atoms with E-state index in [1.54, 1.807) is 5.17 Å². The Hall–Kier alpha value is -2.77. The standard InChI is InChI=1S/C13H10.C12H10Si/c1-3-7-12-10(5-1)9-11-6-2-4-8-13(11)12;1-2-5-10-9(4-1)8-12-11(10)6-3-7-13-12/h1-8H,9H2;1-7,13H,8H2. The van der Waals surface area contributed by atoms with Gasteiger partial charge in [-0.3, -0.25) is 0 Å². The van der Waals surface area contributed by atoms with Crippen molar-refractivity contribution in [1.82, 2.24) is 0 Å². The Balaban J connectivity index is 0.000000115. The minimum atomic E-state index is 0.421. The summed E-state index contributed by atoms with van der Waals surface area (Å²) in [6, 6.07) is 30.5. The van der Waals surface area contributed by atoms with E-state index in [1.807, 2.05) is 0 Å². The summed E-state index contributed by atoms with van der Waals surface area (Å²) in [6.07, 6.45) is 2.30. The molecule has 0 saturated carbocycles. The van der Waals surface area contributed by atoms with Gasteiger partial charge in [-0.2, -0.15) is 0 Å². The van der Waals surface area contributed by atoms with Crippen molar-refractivity contribution in [3.8, 4) is 22.3 Å². The number of hydrogen-bond acceptors (Lipinski definition) is 0. The molecule has 0 nitrogen and oxygen atoms in total. The van der Waals surface area contributed by atoms with Crippen molar-refractivity contribution in [2.45, 2.75) is 12.8 Å². The molecule has 124 valence electrons. The van der Waals surface area contributed by atoms with Gasteiger partial charge in [0.2, 0.25) is 0 Å². The summed E-state index contributed by atoms with van der Waals surface area (Å²) in [7, 11) is 0.421. The number of benzene rings is 3. The summed E-state index contributed by atoms with van der Waals surface area (Å²) in [5.41, 5.74) is 12.6. The van der Waals surface area contributed by atoms with Crippen LogP contribution in [0.15, 0.2) is 90.6 Å². The second kappa shape index (κ2) is 6.51. The van der Waals surface area contributed by atoms with E-state index in [1.165, 1.54) is 45.4 Å². The lowest BCUT2D eigenvalue weighted by Gasteiger charge is -1.98. The first-order chi connectivity index (χ1) is 12.9. The van der Waals surface area contributed by atoms with Gasteiger partial charge in [-0.25, -0.2) is 0 Å². The van der Waals surface area contributed by atoms with Crippen LogP contribution in [0.3, 0.4) is 0 Å². The molecule has 0 atom stereocenters. The summed E-state index contributed by atoms with van der Waals surface area (Å²) in [6.45, 7) is 0. The Labute approximate surface area is 156 Å². The summed E-state index contributed by atoms with van der Waals surface area (Å²) in [4.78, 5) is 0. The van der Waals surface area contributed by atoms with Gasteiger partial charge in [-0.15, -0.1) is 0 Å². The van der Waals surface area contributed by atoms with Crippen LogP contribution in [-0.2, 0) is 12.8 Å². The van der Waals surface area contributed by atoms with Gasteiger partial charge in [0.25, 0.3) is 0 Å². The van der Waals surface area contributed by atoms with Crippen LogP contribution in [0.2, 0.25) is 0 Å². The molecular formula is C25H20Si. The minimum absolute atomic E-state index is 0.421. The van der Waals surface area contributed by atoms with Crippen LogP contribution in [-0.4, -0.2) is 9.12 Å². The van der Waals surface area contributed by atoms with Gasteiger partial charge in [0.05, 0.1) is 0 Å². The van der Waals surface area contributed by atoms with Crippen LogP contribution < -0.4 is 0 Å². The van der Waals surface area contributed by atoms with Crippen LogP contribution in [0.1, 0.15) is 21.9 Å². The molecule has 0 aliphatic heterocycles. The van der Waals surface area contributed by atoms with Gasteiger partial charge in [-0.05, 0) is 51.8 Å². The van der Waals surface area contributed by atoms with E-state index < -0.39 is 0 Å². The van der Waals surface area contributed by atoms with Crippen LogP contribution in [0.5, 0.6) is 0 Å². The fraction of sp³-hybridized carbons (Fsp3) is 0.0800. The predicted molar refractivity (Wildman–Crippen MR) is 112 cm³/mol. The van der Waals surface area contributed by atoms with E-state index in [9.17, 15) is 0 Å². The lowest BCUT2D eigenvalue weighted by molar-refractivity contribution is 1.26. The number of fused-ring (bicyclic) bond motifs is 6. The average molecular weight is 349 g/mol. The monoisotopic (exact) mass is 348 g/mol. The first-order valence-corrected chi connectivity index (χ1v) is 10.5. The molecule has 4 aromatic rings. The molecule has 1 heteroatoms. The van der Waals surface area contributed by atoms with Crippen molar-refractivity contribution >= 4 is 9.12 Å². The maximum Gasteiger partial charge on any atom is 0.0252 e. The smallest absolute Gasteiger partial charge is 0.0252 e. The lowest BCUT2D eigenvalue weighted by Crippen LogP contribution is -1.84. The predicted octanol–water partition coefficient (Wildman–Crippen LogP) is 5.59. The van der Waals surface area contributed by atoms with Crippen molar-refractivity contribution in [1.29, 1.82) is 0 Å². The molecule has 0 saturated heterocycles. The van der Waals surface area contributed by atoms with Crippen LogP contribution in [0.25, 0.3) is 22.3 Å². The molecule has 0 radical (unpaired) electrons. The third-order valence-electron chi connectivity index (χ3n) is 5.41. The number of hydrogen-bond donors (Lipinski definition) is 0. The Morgan fingerprint density at radius 2 is 0.923 bits per heavy atom. The highest BCUT2D eigenvalue weighted by atomic mass is 28.2. The van der Waals surface area contributed by atoms with Crippen molar-refractivity contribution in [2.75, 3.05) is 0 Å². The summed E-state index contributed by atoms with van der Waals surface area (Å²) >= 11 is 0. The van der Waals surface area contributed by atoms with Gasteiger partial charge < -0.3 is 0 Å². The molecule has 2 aliphatic carbocycles. The maximum absolute atomic E-state index is 2.32. The fourth-order valence-electron chi connectivity index (χ4n) is 4.16. The fourth-order valence-corrected chi connectivity index (χ4v) is 5.38. The zero-order chi connectivity index (χ0) is 17.3. The van der Waals surface area contributed by atoms with E-state index in [0.717, 1.165) is 6.42 Å². The zero-order valence-electron chi connectivity index (χ0n) is 14.7. The molecule has 0 N–H and O–H groups in total. The minimum Gasteiger partial charge on any atom is -0.0802 e. The van der Waals surface area contributed by atoms with E-state index in [2.05, 4.69) is 90.6 Å². The molecule has 0 bridgehead atoms. The maximum atomic E-state index is 2.32. The summed E-state index contributed by atoms with van der Waals surface area (Å²) in [5, 5.41) is 1.67. The van der Waals surface area contributed by atoms with Crippen molar-refractivity contribution < 1.29 is 0 Å². The molecule has 1 heterocycles. The lowest BCUT2D eigenvalue weighted by atomic mass is 10.1. The van der Waals surface area contributed by atoms with Gasteiger partial charge in [0.1, 0.15) is 0 Å². The second-order valence-electron chi connectivity index (χ2n) is 6.98. The van der Waals surface area contributed by atoms with E-state index in [0.29, 0.717) is 9.12 Å². The number of rotatable bonds is 0. The Morgan fingerprint density at radius 3 is 1.54 bits per heavy atom. The zero-order valence-corrected chi connectivity index (χ0v) is 15.8. The van der Waals surface area contributed by atoms with E-state index >= 15 is 0 Å². The molecule has 26 heavy (non-hydrogen) atoms. The van der Waals surface area contributed by atoms with E-state index in [4.69, 9.17) is 0 Å². The quantitative estimate of drug-likeness (QED) is 0.314. The van der Waals surface area contributed by atoms with Crippen molar-refractivity contribution in [3.63, 3.8) is 0 Å². The highest BCUT2D eigenvalue weighted by Crippen LogP contribution is 2.36. The van der Waals surface area contributed by atoms with Crippen molar-refractivity contribution in [2.24, 2.45) is 0 Å². The third-order valence-corrected chi connectivity index (χ3v) is 6.74. The van der Waals surface area contributed by atoms with Crippen molar-refractivity contribution in [3.05, 3.63) is 112 Å². The van der Waals surface area contributed by atoms with Gasteiger partial charge in [0, 0.05) is 9.12 Å². The largest absolute Gasteiger partial charge is 0.0802 e. The molecular weight excluding hydrogens is 328 g/mol. The molecule has 3 aromatic carbocycles. The molecule has 0 spiro atoms. The Morgan fingerprint density at radius 1 is 0.462 bits per heavy atom. The van der Waals surface area contributed by atoms with Gasteiger partial charge >= 0.3 is 0 Å². The topological polar surface area (TPSA) is 0 Å². The van der Waals surface area contributed by atoms with Gasteiger partial charge in [-0.1, -0.05) is 95.8 Å². The SMILES string of the molecule is c1ccc2c(c1)Cc1[siH]cccc1-2.c1ccc2c(c1)Cc1ccccc1-2. The molecule has 1 aromatic heterocycles. The molecule has 2 aliphatic rings. The molecule has 0 amide bonds. The third kappa shape index (κ3) is 2.65. The van der Waals surface area contributed by atoms with Crippen LogP contribution in [0.4, 0.5) is 0 Å². The van der Waals surface area contributed by atoms with E-state index in [-0.39, 0.29) is 0 Å². The first-order valence-electron chi connectivity index (χ1n) is 9.22. The average Bonchev–Trinajstić information content (AvgIpc) is 3.27. The highest BCUT2D eigenvalue weighted by Gasteiger charge is 2.16.